The van der Waals surface area contributed by atoms with Gasteiger partial charge < -0.3 is 9.88 Å². The number of aryl methyl sites for hydroxylation is 2. The van der Waals surface area contributed by atoms with E-state index in [0.29, 0.717) is 0 Å². The monoisotopic (exact) mass is 312 g/mol. The minimum Gasteiger partial charge on any atom is -0.671 e. The molecule has 0 radical (unpaired) electrons. The summed E-state index contributed by atoms with van der Waals surface area (Å²) >= 11 is 0. The maximum atomic E-state index is 4.75. The van der Waals surface area contributed by atoms with E-state index >= 15 is 0 Å². The minimum absolute atomic E-state index is 0. The largest absolute Gasteiger partial charge is 1.00 e. The fourth-order valence-electron chi connectivity index (χ4n) is 3.39. The van der Waals surface area contributed by atoms with Crippen LogP contribution in [0.5, 0.6) is 0 Å². The fraction of sp³-hybridized carbons (Fsp3) is 0.500. The third-order valence-electron chi connectivity index (χ3n) is 5.15. The van der Waals surface area contributed by atoms with Crippen molar-refractivity contribution in [3.63, 3.8) is 0 Å². The van der Waals surface area contributed by atoms with Gasteiger partial charge in [-0.25, -0.2) is 0 Å². The quantitative estimate of drug-likeness (QED) is 0.483. The van der Waals surface area contributed by atoms with E-state index in [1.807, 2.05) is 7.05 Å². The van der Waals surface area contributed by atoms with Crippen LogP contribution in [-0.2, 0) is 0 Å². The van der Waals surface area contributed by atoms with Crippen molar-refractivity contribution >= 4 is 29.9 Å². The number of hydrogen-bond acceptors (Lipinski definition) is 1. The molecular formula is C18H26Li2N2Si. The summed E-state index contributed by atoms with van der Waals surface area (Å²) < 4.78 is 0. The average molecular weight is 312 g/mol. The second kappa shape index (κ2) is 7.92. The molecule has 0 saturated carbocycles. The Hall–Kier alpha value is 0.00169. The van der Waals surface area contributed by atoms with Gasteiger partial charge in [-0.3, -0.25) is 0 Å². The molecule has 2 aromatic rings. The van der Waals surface area contributed by atoms with Gasteiger partial charge in [0.2, 0.25) is 0 Å². The second-order valence-corrected chi connectivity index (χ2v) is 11.0. The van der Waals surface area contributed by atoms with Gasteiger partial charge in [0.05, 0.1) is 0 Å². The van der Waals surface area contributed by atoms with Crippen LogP contribution in [0.25, 0.3) is 15.8 Å². The maximum absolute atomic E-state index is 4.75. The molecule has 5 heteroatoms. The Balaban J connectivity index is 0.00000132. The van der Waals surface area contributed by atoms with Crippen LogP contribution in [0.2, 0.25) is 13.1 Å². The van der Waals surface area contributed by atoms with Crippen LogP contribution in [0.15, 0.2) is 18.2 Å². The van der Waals surface area contributed by atoms with E-state index in [1.165, 1.54) is 58.7 Å². The predicted octanol–water partition coefficient (Wildman–Crippen LogP) is -1.80. The van der Waals surface area contributed by atoms with Gasteiger partial charge in [0.15, 0.2) is 0 Å². The summed E-state index contributed by atoms with van der Waals surface area (Å²) in [5, 5.41) is 4.39. The zero-order valence-electron chi connectivity index (χ0n) is 16.0. The molecule has 1 aliphatic heterocycles. The van der Waals surface area contributed by atoms with Gasteiger partial charge in [0.25, 0.3) is 0 Å². The molecule has 0 N–H and O–H groups in total. The second-order valence-electron chi connectivity index (χ2n) is 6.90. The van der Waals surface area contributed by atoms with Crippen LogP contribution in [0.4, 0.5) is 5.69 Å². The van der Waals surface area contributed by atoms with Crippen LogP contribution in [0.3, 0.4) is 0 Å². The summed E-state index contributed by atoms with van der Waals surface area (Å²) in [5.74, 6) is 0. The van der Waals surface area contributed by atoms with E-state index in [0.717, 1.165) is 0 Å². The van der Waals surface area contributed by atoms with Crippen LogP contribution in [0.1, 0.15) is 24.0 Å². The van der Waals surface area contributed by atoms with Crippen molar-refractivity contribution in [2.75, 3.05) is 25.0 Å². The predicted molar refractivity (Wildman–Crippen MR) is 96.9 cm³/mol. The van der Waals surface area contributed by atoms with Crippen LogP contribution in [0, 0.1) is 13.8 Å². The number of anilines is 1. The van der Waals surface area contributed by atoms with Gasteiger partial charge in [-0.1, -0.05) is 38.1 Å². The van der Waals surface area contributed by atoms with Crippen LogP contribution in [-0.4, -0.2) is 28.4 Å². The molecule has 1 fully saturated rings. The van der Waals surface area contributed by atoms with Gasteiger partial charge in [0, 0.05) is 13.1 Å². The average Bonchev–Trinajstić information content (AvgIpc) is 3.07. The van der Waals surface area contributed by atoms with Gasteiger partial charge in [-0.2, -0.15) is 12.2 Å². The zero-order valence-corrected chi connectivity index (χ0v) is 17.0. The molecule has 0 spiro atoms. The van der Waals surface area contributed by atoms with Crippen molar-refractivity contribution in [2.45, 2.75) is 39.8 Å². The Morgan fingerprint density at radius 3 is 2.17 bits per heavy atom. The molecule has 23 heavy (non-hydrogen) atoms. The summed E-state index contributed by atoms with van der Waals surface area (Å²) in [6.45, 7) is 11.6. The number of fused-ring (bicyclic) bond motifs is 1. The summed E-state index contributed by atoms with van der Waals surface area (Å²) in [5.41, 5.74) is 4.24. The Morgan fingerprint density at radius 1 is 1.04 bits per heavy atom. The van der Waals surface area contributed by atoms with Gasteiger partial charge in [0.1, 0.15) is 0 Å². The third-order valence-corrected chi connectivity index (χ3v) is 8.00. The number of rotatable bonds is 3. The molecule has 3 rings (SSSR count). The topological polar surface area (TPSA) is 17.3 Å². The summed E-state index contributed by atoms with van der Waals surface area (Å²) in [7, 11) is 0.298. The molecule has 0 atom stereocenters. The van der Waals surface area contributed by atoms with Crippen molar-refractivity contribution in [3.8, 4) is 0 Å². The molecule has 2 nitrogen and oxygen atoms in total. The number of nitrogens with zero attached hydrogens (tertiary/aromatic N) is 2. The van der Waals surface area contributed by atoms with E-state index in [1.54, 1.807) is 0 Å². The van der Waals surface area contributed by atoms with Crippen molar-refractivity contribution in [2.24, 2.45) is 0 Å². The summed E-state index contributed by atoms with van der Waals surface area (Å²) in [6, 6.07) is 7.23. The summed E-state index contributed by atoms with van der Waals surface area (Å²) in [6.07, 6.45) is 2.65. The molecule has 0 unspecified atom stereocenters. The first kappa shape index (κ1) is 21.0. The van der Waals surface area contributed by atoms with Crippen molar-refractivity contribution in [1.82, 2.24) is 0 Å². The molecule has 1 heterocycles. The van der Waals surface area contributed by atoms with Gasteiger partial charge >= 0.3 is 37.7 Å². The Bertz CT molecular complexity index is 673. The van der Waals surface area contributed by atoms with E-state index in [4.69, 9.17) is 4.98 Å². The number of benzene rings is 1. The van der Waals surface area contributed by atoms with E-state index in [2.05, 4.69) is 50.0 Å². The SMILES string of the molecule is C[N-][Si](C)(C)[c-]1cc(N2CCCC2)c2cc(C)c(C)cc21.[Li+].[Li+]. The Labute approximate surface area is 166 Å². The minimum atomic E-state index is -1.69. The molecule has 114 valence electrons. The molecular weight excluding hydrogens is 286 g/mol. The molecule has 1 aliphatic rings. The molecule has 2 aromatic carbocycles. The number of hydrogen-bond donors (Lipinski definition) is 0. The molecule has 0 bridgehead atoms. The van der Waals surface area contributed by atoms with E-state index in [-0.39, 0.29) is 37.7 Å². The first-order valence-corrected chi connectivity index (χ1v) is 11.0. The van der Waals surface area contributed by atoms with E-state index in [9.17, 15) is 0 Å². The molecule has 1 saturated heterocycles. The first-order valence-electron chi connectivity index (χ1n) is 8.01. The van der Waals surface area contributed by atoms with E-state index < -0.39 is 8.24 Å². The molecule has 0 amide bonds. The van der Waals surface area contributed by atoms with Crippen molar-refractivity contribution < 1.29 is 37.7 Å². The maximum Gasteiger partial charge on any atom is 1.00 e. The zero-order chi connectivity index (χ0) is 15.2. The van der Waals surface area contributed by atoms with Crippen LogP contribution < -0.4 is 47.8 Å². The Kier molecular flexibility index (Phi) is 7.25. The van der Waals surface area contributed by atoms with Gasteiger partial charge in [-0.05, 0) is 26.7 Å². The van der Waals surface area contributed by atoms with Crippen molar-refractivity contribution in [3.05, 3.63) is 34.3 Å². The first-order chi connectivity index (χ1) is 9.94. The fourth-order valence-corrected chi connectivity index (χ4v) is 4.99. The molecule has 0 aromatic heterocycles. The summed E-state index contributed by atoms with van der Waals surface area (Å²) in [4.78, 5) is 7.32. The normalized spacial score (nSPS) is 14.7. The van der Waals surface area contributed by atoms with Crippen LogP contribution >= 0.6 is 0 Å². The molecule has 0 aliphatic carbocycles. The van der Waals surface area contributed by atoms with Gasteiger partial charge in [-0.15, -0.1) is 29.0 Å². The van der Waals surface area contributed by atoms with Crippen molar-refractivity contribution in [1.29, 1.82) is 0 Å². The third kappa shape index (κ3) is 3.82. The smallest absolute Gasteiger partial charge is 0.671 e. The standard InChI is InChI=1S/C18H26N2Si.2Li/c1-13-10-15-16(11-14(13)2)18(21(4,5)19-3)12-17(15)20-8-6-7-9-20;;/h10-12H,6-9H2,1-5H3;;/q-2;2*+1. The Morgan fingerprint density at radius 2 is 1.61 bits per heavy atom.